The second kappa shape index (κ2) is 5.65. The van der Waals surface area contributed by atoms with E-state index < -0.39 is 0 Å². The Balaban J connectivity index is 2.38. The van der Waals surface area contributed by atoms with Crippen molar-refractivity contribution >= 4 is 28.1 Å². The number of aromatic amines is 1. The van der Waals surface area contributed by atoms with E-state index in [9.17, 15) is 0 Å². The maximum atomic E-state index is 5.41. The van der Waals surface area contributed by atoms with Crippen molar-refractivity contribution < 1.29 is 0 Å². The monoisotopic (exact) mass is 342 g/mol. The maximum Gasteiger partial charge on any atom is 0.144 e. The van der Waals surface area contributed by atoms with Gasteiger partial charge in [0.1, 0.15) is 10.5 Å². The first-order valence-electron chi connectivity index (χ1n) is 7.13. The molecule has 1 heterocycles. The summed E-state index contributed by atoms with van der Waals surface area (Å²) in [6, 6.07) is 0. The molecule has 2 unspecified atom stereocenters. The van der Waals surface area contributed by atoms with Crippen molar-refractivity contribution in [1.29, 1.82) is 0 Å². The van der Waals surface area contributed by atoms with Crippen molar-refractivity contribution in [3.63, 3.8) is 0 Å². The van der Waals surface area contributed by atoms with Gasteiger partial charge in [-0.25, -0.2) is 4.98 Å². The van der Waals surface area contributed by atoms with Gasteiger partial charge < -0.3 is 4.98 Å². The summed E-state index contributed by atoms with van der Waals surface area (Å²) < 4.78 is 1.64. The molecule has 0 bridgehead atoms. The molecule has 2 atom stereocenters. The van der Waals surface area contributed by atoms with Crippen LogP contribution in [0.25, 0.3) is 0 Å². The van der Waals surface area contributed by atoms with Crippen LogP contribution in [0.1, 0.15) is 70.8 Å². The summed E-state index contributed by atoms with van der Waals surface area (Å²) in [4.78, 5) is 8.17. The van der Waals surface area contributed by atoms with Gasteiger partial charge in [-0.3, -0.25) is 0 Å². The number of hydrogen-bond acceptors (Lipinski definition) is 2. The fraction of sp³-hybridized carbons (Fsp3) is 0.733. The smallest absolute Gasteiger partial charge is 0.144 e. The zero-order chi connectivity index (χ0) is 14.2. The van der Waals surface area contributed by atoms with Crippen molar-refractivity contribution in [2.45, 2.75) is 64.7 Å². The van der Waals surface area contributed by atoms with Gasteiger partial charge in [0.15, 0.2) is 0 Å². The predicted molar refractivity (Wildman–Crippen MR) is 86.2 cm³/mol. The molecule has 0 radical (unpaired) electrons. The Morgan fingerprint density at radius 3 is 2.58 bits per heavy atom. The Hall–Kier alpha value is -0.220. The molecule has 0 saturated heterocycles. The van der Waals surface area contributed by atoms with E-state index in [1.54, 1.807) is 0 Å². The highest BCUT2D eigenvalue weighted by Crippen LogP contribution is 2.39. The van der Waals surface area contributed by atoms with Gasteiger partial charge in [-0.2, -0.15) is 0 Å². The van der Waals surface area contributed by atoms with E-state index in [2.05, 4.69) is 53.6 Å². The molecule has 1 fully saturated rings. The molecule has 1 N–H and O–H groups in total. The van der Waals surface area contributed by atoms with Gasteiger partial charge in [0.05, 0.1) is 4.47 Å². The van der Waals surface area contributed by atoms with E-state index in [0.717, 1.165) is 16.2 Å². The van der Waals surface area contributed by atoms with Crippen LogP contribution in [0, 0.1) is 10.6 Å². The summed E-state index contributed by atoms with van der Waals surface area (Å²) in [7, 11) is 0. The zero-order valence-electron chi connectivity index (χ0n) is 12.2. The molecule has 19 heavy (non-hydrogen) atoms. The van der Waals surface area contributed by atoms with Crippen LogP contribution < -0.4 is 0 Å². The second-order valence-corrected chi connectivity index (χ2v) is 7.83. The first kappa shape index (κ1) is 15.2. The molecular weight excluding hydrogens is 320 g/mol. The minimum Gasteiger partial charge on any atom is -0.345 e. The topological polar surface area (TPSA) is 28.7 Å². The maximum absolute atomic E-state index is 5.41. The van der Waals surface area contributed by atoms with Gasteiger partial charge >= 0.3 is 0 Å². The van der Waals surface area contributed by atoms with E-state index in [1.165, 1.54) is 31.4 Å². The minimum atomic E-state index is 0.0485. The van der Waals surface area contributed by atoms with Crippen LogP contribution >= 0.6 is 28.1 Å². The summed E-state index contributed by atoms with van der Waals surface area (Å²) in [6.07, 6.45) is 5.09. The molecule has 1 aliphatic carbocycles. The van der Waals surface area contributed by atoms with E-state index in [-0.39, 0.29) is 5.41 Å². The number of halogens is 1. The van der Waals surface area contributed by atoms with E-state index >= 15 is 0 Å². The normalized spacial score (nSPS) is 23.8. The minimum absolute atomic E-state index is 0.0485. The average Bonchev–Trinajstić information content (AvgIpc) is 2.79. The van der Waals surface area contributed by atoms with E-state index in [4.69, 9.17) is 12.2 Å². The lowest BCUT2D eigenvalue weighted by Gasteiger charge is -2.22. The number of nitrogens with zero attached hydrogens (tertiary/aromatic N) is 1. The standard InChI is InChI=1S/C15H23BrN2S/c1-5-9-6-7-10(8-9)13-17-12(15(2,3)4)11(16)14(19)18-13/h9-10H,5-8H2,1-4H3,(H,17,18,19). The van der Waals surface area contributed by atoms with Crippen LogP contribution in [-0.4, -0.2) is 9.97 Å². The van der Waals surface area contributed by atoms with Crippen LogP contribution in [-0.2, 0) is 5.41 Å². The van der Waals surface area contributed by atoms with Gasteiger partial charge in [0.2, 0.25) is 0 Å². The summed E-state index contributed by atoms with van der Waals surface area (Å²) >= 11 is 9.00. The predicted octanol–water partition coefficient (Wildman–Crippen LogP) is 5.49. The Morgan fingerprint density at radius 1 is 1.37 bits per heavy atom. The molecular formula is C15H23BrN2S. The Labute approximate surface area is 129 Å². The molecule has 1 saturated carbocycles. The summed E-state index contributed by atoms with van der Waals surface area (Å²) in [5.41, 5.74) is 1.22. The van der Waals surface area contributed by atoms with E-state index in [1.807, 2.05) is 0 Å². The number of H-pyrrole nitrogens is 1. The zero-order valence-corrected chi connectivity index (χ0v) is 14.6. The Kier molecular flexibility index (Phi) is 4.51. The first-order valence-corrected chi connectivity index (χ1v) is 8.33. The van der Waals surface area contributed by atoms with Crippen LogP contribution in [0.4, 0.5) is 0 Å². The van der Waals surface area contributed by atoms with Crippen LogP contribution in [0.2, 0.25) is 0 Å². The first-order chi connectivity index (χ1) is 8.82. The third-order valence-electron chi connectivity index (χ3n) is 4.14. The lowest BCUT2D eigenvalue weighted by atomic mass is 9.91. The fourth-order valence-electron chi connectivity index (χ4n) is 2.88. The Bertz CT molecular complexity index is 516. The van der Waals surface area contributed by atoms with Crippen molar-refractivity contribution in [1.82, 2.24) is 9.97 Å². The van der Waals surface area contributed by atoms with Gasteiger partial charge in [0.25, 0.3) is 0 Å². The largest absolute Gasteiger partial charge is 0.345 e. The molecule has 1 aromatic heterocycles. The molecule has 0 aromatic carbocycles. The van der Waals surface area contributed by atoms with Crippen LogP contribution in [0.5, 0.6) is 0 Å². The molecule has 2 rings (SSSR count). The van der Waals surface area contributed by atoms with Crippen LogP contribution in [0.15, 0.2) is 4.47 Å². The summed E-state index contributed by atoms with van der Waals surface area (Å²) in [5.74, 6) is 2.51. The SMILES string of the molecule is CCC1CCC(c2nc(=S)c(Br)c(C(C)(C)C)[nH]2)C1. The van der Waals surface area contributed by atoms with Gasteiger partial charge in [-0.1, -0.05) is 46.3 Å². The number of rotatable bonds is 2. The number of aromatic nitrogens is 2. The highest BCUT2D eigenvalue weighted by atomic mass is 79.9. The molecule has 1 aliphatic rings. The molecule has 1 aromatic rings. The summed E-state index contributed by atoms with van der Waals surface area (Å²) in [5, 5.41) is 0. The average molecular weight is 343 g/mol. The number of hydrogen-bond donors (Lipinski definition) is 1. The van der Waals surface area contributed by atoms with E-state index in [0.29, 0.717) is 10.6 Å². The highest BCUT2D eigenvalue weighted by molar-refractivity contribution is 9.10. The molecule has 0 aliphatic heterocycles. The molecule has 106 valence electrons. The molecule has 4 heteroatoms. The quantitative estimate of drug-likeness (QED) is 0.719. The lowest BCUT2D eigenvalue weighted by molar-refractivity contribution is 0.510. The highest BCUT2D eigenvalue weighted by Gasteiger charge is 2.28. The molecule has 2 nitrogen and oxygen atoms in total. The van der Waals surface area contributed by atoms with Crippen molar-refractivity contribution in [2.75, 3.05) is 0 Å². The molecule has 0 spiro atoms. The Morgan fingerprint density at radius 2 is 2.05 bits per heavy atom. The molecule has 0 amide bonds. The van der Waals surface area contributed by atoms with Gasteiger partial charge in [-0.05, 0) is 41.1 Å². The van der Waals surface area contributed by atoms with Crippen molar-refractivity contribution in [3.8, 4) is 0 Å². The third-order valence-corrected chi connectivity index (χ3v) is 5.47. The van der Waals surface area contributed by atoms with Crippen molar-refractivity contribution in [3.05, 3.63) is 20.6 Å². The van der Waals surface area contributed by atoms with Gasteiger partial charge in [0, 0.05) is 17.0 Å². The van der Waals surface area contributed by atoms with Gasteiger partial charge in [-0.15, -0.1) is 0 Å². The summed E-state index contributed by atoms with van der Waals surface area (Å²) in [6.45, 7) is 8.88. The number of nitrogens with one attached hydrogen (secondary N) is 1. The second-order valence-electron chi connectivity index (χ2n) is 6.65. The fourth-order valence-corrected chi connectivity index (χ4v) is 3.86. The lowest BCUT2D eigenvalue weighted by Crippen LogP contribution is -2.17. The third kappa shape index (κ3) is 3.27. The van der Waals surface area contributed by atoms with Crippen LogP contribution in [0.3, 0.4) is 0 Å². The van der Waals surface area contributed by atoms with Crippen molar-refractivity contribution in [2.24, 2.45) is 5.92 Å².